The number of benzene rings is 1. The molecule has 1 aliphatic rings. The summed E-state index contributed by atoms with van der Waals surface area (Å²) in [6.45, 7) is 5.18. The molecule has 18 heavy (non-hydrogen) atoms. The Bertz CT molecular complexity index is 343. The van der Waals surface area contributed by atoms with Crippen molar-refractivity contribution in [1.29, 1.82) is 0 Å². The molecule has 2 heteroatoms. The van der Waals surface area contributed by atoms with Crippen LogP contribution in [0.2, 0.25) is 0 Å². The third-order valence-electron chi connectivity index (χ3n) is 4.18. The lowest BCUT2D eigenvalue weighted by molar-refractivity contribution is 0.413. The van der Waals surface area contributed by atoms with Crippen LogP contribution < -0.4 is 11.1 Å². The molecule has 0 saturated heterocycles. The highest BCUT2D eigenvalue weighted by Gasteiger charge is 2.40. The highest BCUT2D eigenvalue weighted by molar-refractivity contribution is 5.20. The van der Waals surface area contributed by atoms with Gasteiger partial charge in [-0.15, -0.1) is 0 Å². The van der Waals surface area contributed by atoms with Gasteiger partial charge in [-0.3, -0.25) is 0 Å². The maximum atomic E-state index is 5.89. The molecular formula is C16H26N2. The van der Waals surface area contributed by atoms with Crippen LogP contribution in [0, 0.1) is 5.41 Å². The highest BCUT2D eigenvalue weighted by atomic mass is 14.9. The largest absolute Gasteiger partial charge is 0.330 e. The fraction of sp³-hybridized carbons (Fsp3) is 0.625. The van der Waals surface area contributed by atoms with E-state index in [4.69, 9.17) is 5.73 Å². The van der Waals surface area contributed by atoms with E-state index in [1.54, 1.807) is 0 Å². The predicted octanol–water partition coefficient (Wildman–Crippen LogP) is 2.90. The van der Waals surface area contributed by atoms with Crippen LogP contribution in [0.25, 0.3) is 0 Å². The molecule has 3 N–H and O–H groups in total. The number of hydrogen-bond acceptors (Lipinski definition) is 2. The van der Waals surface area contributed by atoms with Crippen LogP contribution in [0.3, 0.4) is 0 Å². The summed E-state index contributed by atoms with van der Waals surface area (Å²) in [5.41, 5.74) is 7.87. The molecule has 2 rings (SSSR count). The van der Waals surface area contributed by atoms with Crippen LogP contribution in [0.1, 0.15) is 44.1 Å². The van der Waals surface area contributed by atoms with Crippen LogP contribution in [0.4, 0.5) is 0 Å². The zero-order valence-electron chi connectivity index (χ0n) is 11.5. The molecule has 0 spiro atoms. The molecule has 1 aliphatic carbocycles. The van der Waals surface area contributed by atoms with Crippen LogP contribution >= 0.6 is 0 Å². The van der Waals surface area contributed by atoms with E-state index < -0.39 is 0 Å². The Morgan fingerprint density at radius 2 is 2.00 bits per heavy atom. The first kappa shape index (κ1) is 13.6. The second kappa shape index (κ2) is 6.35. The standard InChI is InChI=1S/C16H26N2/c1-2-8-16(9-10-16)13-18-12-15(11-17)14-6-4-3-5-7-14/h3-7,15,18H,2,8-13,17H2,1H3. The molecule has 0 aliphatic heterocycles. The molecule has 2 nitrogen and oxygen atoms in total. The first-order valence-corrected chi connectivity index (χ1v) is 7.25. The quantitative estimate of drug-likeness (QED) is 0.740. The van der Waals surface area contributed by atoms with Gasteiger partial charge in [0.15, 0.2) is 0 Å². The van der Waals surface area contributed by atoms with Crippen molar-refractivity contribution in [3.05, 3.63) is 35.9 Å². The van der Waals surface area contributed by atoms with Gasteiger partial charge in [0.25, 0.3) is 0 Å². The van der Waals surface area contributed by atoms with E-state index in [2.05, 4.69) is 42.6 Å². The first-order chi connectivity index (χ1) is 8.79. The summed E-state index contributed by atoms with van der Waals surface area (Å²) in [6.07, 6.45) is 5.50. The highest BCUT2D eigenvalue weighted by Crippen LogP contribution is 2.48. The van der Waals surface area contributed by atoms with Gasteiger partial charge in [0.05, 0.1) is 0 Å². The molecule has 0 bridgehead atoms. The minimum absolute atomic E-state index is 0.448. The van der Waals surface area contributed by atoms with Crippen molar-refractivity contribution in [2.75, 3.05) is 19.6 Å². The maximum Gasteiger partial charge on any atom is 0.00863 e. The van der Waals surface area contributed by atoms with Crippen molar-refractivity contribution in [2.24, 2.45) is 11.1 Å². The van der Waals surface area contributed by atoms with Gasteiger partial charge in [-0.1, -0.05) is 43.7 Å². The van der Waals surface area contributed by atoms with Crippen molar-refractivity contribution < 1.29 is 0 Å². The van der Waals surface area contributed by atoms with E-state index in [0.717, 1.165) is 13.1 Å². The van der Waals surface area contributed by atoms with Gasteiger partial charge in [-0.25, -0.2) is 0 Å². The van der Waals surface area contributed by atoms with E-state index in [0.29, 0.717) is 11.3 Å². The fourth-order valence-electron chi connectivity index (χ4n) is 2.80. The molecule has 1 fully saturated rings. The van der Waals surface area contributed by atoms with Gasteiger partial charge >= 0.3 is 0 Å². The summed E-state index contributed by atoms with van der Waals surface area (Å²) in [7, 11) is 0. The molecule has 0 heterocycles. The van der Waals surface area contributed by atoms with Gasteiger partial charge < -0.3 is 11.1 Å². The zero-order chi connectivity index (χ0) is 12.8. The normalized spacial score (nSPS) is 18.6. The Hall–Kier alpha value is -0.860. The zero-order valence-corrected chi connectivity index (χ0v) is 11.5. The predicted molar refractivity (Wildman–Crippen MR) is 77.7 cm³/mol. The molecule has 0 amide bonds. The van der Waals surface area contributed by atoms with E-state index in [9.17, 15) is 0 Å². The van der Waals surface area contributed by atoms with Crippen LogP contribution in [-0.4, -0.2) is 19.6 Å². The van der Waals surface area contributed by atoms with Crippen LogP contribution in [-0.2, 0) is 0 Å². The van der Waals surface area contributed by atoms with Crippen molar-refractivity contribution in [3.63, 3.8) is 0 Å². The van der Waals surface area contributed by atoms with E-state index in [1.807, 2.05) is 0 Å². The number of hydrogen-bond donors (Lipinski definition) is 2. The lowest BCUT2D eigenvalue weighted by Gasteiger charge is -2.19. The molecule has 0 radical (unpaired) electrons. The SMILES string of the molecule is CCCC1(CNCC(CN)c2ccccc2)CC1. The van der Waals surface area contributed by atoms with E-state index >= 15 is 0 Å². The number of rotatable bonds is 8. The fourth-order valence-corrected chi connectivity index (χ4v) is 2.80. The second-order valence-electron chi connectivity index (χ2n) is 5.72. The summed E-state index contributed by atoms with van der Waals surface area (Å²) < 4.78 is 0. The first-order valence-electron chi connectivity index (χ1n) is 7.25. The molecule has 1 saturated carbocycles. The average molecular weight is 246 g/mol. The second-order valence-corrected chi connectivity index (χ2v) is 5.72. The summed E-state index contributed by atoms with van der Waals surface area (Å²) in [5.74, 6) is 0.448. The van der Waals surface area contributed by atoms with Crippen LogP contribution in [0.5, 0.6) is 0 Å². The Balaban J connectivity index is 1.78. The number of nitrogens with two attached hydrogens (primary N) is 1. The molecular weight excluding hydrogens is 220 g/mol. The van der Waals surface area contributed by atoms with Gasteiger partial charge in [-0.05, 0) is 30.2 Å². The smallest absolute Gasteiger partial charge is 0.00863 e. The summed E-state index contributed by atoms with van der Waals surface area (Å²) >= 11 is 0. The van der Waals surface area contributed by atoms with Crippen LogP contribution in [0.15, 0.2) is 30.3 Å². The van der Waals surface area contributed by atoms with E-state index in [1.165, 1.54) is 37.8 Å². The Morgan fingerprint density at radius 3 is 2.56 bits per heavy atom. The van der Waals surface area contributed by atoms with Crippen molar-refractivity contribution >= 4 is 0 Å². The average Bonchev–Trinajstić information content (AvgIpc) is 3.16. The van der Waals surface area contributed by atoms with Crippen molar-refractivity contribution in [1.82, 2.24) is 5.32 Å². The number of nitrogens with one attached hydrogen (secondary N) is 1. The van der Waals surface area contributed by atoms with Gasteiger partial charge in [-0.2, -0.15) is 0 Å². The monoisotopic (exact) mass is 246 g/mol. The Labute approximate surface area is 111 Å². The molecule has 100 valence electrons. The molecule has 1 atom stereocenters. The molecule has 1 aromatic rings. The summed E-state index contributed by atoms with van der Waals surface area (Å²) in [4.78, 5) is 0. The van der Waals surface area contributed by atoms with Crippen molar-refractivity contribution in [3.8, 4) is 0 Å². The summed E-state index contributed by atoms with van der Waals surface area (Å²) in [5, 5.41) is 3.64. The Kier molecular flexibility index (Phi) is 4.79. The minimum Gasteiger partial charge on any atom is -0.330 e. The van der Waals surface area contributed by atoms with Gasteiger partial charge in [0, 0.05) is 25.6 Å². The topological polar surface area (TPSA) is 38.0 Å². The minimum atomic E-state index is 0.448. The maximum absolute atomic E-state index is 5.89. The third kappa shape index (κ3) is 3.56. The third-order valence-corrected chi connectivity index (χ3v) is 4.18. The van der Waals surface area contributed by atoms with Gasteiger partial charge in [0.1, 0.15) is 0 Å². The molecule has 1 aromatic carbocycles. The molecule has 0 aromatic heterocycles. The summed E-state index contributed by atoms with van der Waals surface area (Å²) in [6, 6.07) is 10.6. The lowest BCUT2D eigenvalue weighted by Crippen LogP contribution is -2.31. The lowest BCUT2D eigenvalue weighted by atomic mass is 9.97. The van der Waals surface area contributed by atoms with E-state index in [-0.39, 0.29) is 0 Å². The van der Waals surface area contributed by atoms with Gasteiger partial charge in [0.2, 0.25) is 0 Å². The van der Waals surface area contributed by atoms with Crippen molar-refractivity contribution in [2.45, 2.75) is 38.5 Å². The Morgan fingerprint density at radius 1 is 1.28 bits per heavy atom. The molecule has 1 unspecified atom stereocenters.